The third-order valence-corrected chi connectivity index (χ3v) is 2.28. The van der Waals surface area contributed by atoms with E-state index in [1.54, 1.807) is 0 Å². The molecule has 1 N–H and O–H groups in total. The van der Waals surface area contributed by atoms with Crippen LogP contribution < -0.4 is 0 Å². The summed E-state index contributed by atoms with van der Waals surface area (Å²) in [6.07, 6.45) is 9.05. The largest absolute Gasteiger partial charge is 0.478 e. The van der Waals surface area contributed by atoms with Gasteiger partial charge >= 0.3 is 5.97 Å². The van der Waals surface area contributed by atoms with E-state index < -0.39 is 5.97 Å². The maximum absolute atomic E-state index is 10.5. The molecule has 0 atom stereocenters. The van der Waals surface area contributed by atoms with Gasteiger partial charge < -0.3 is 5.11 Å². The van der Waals surface area contributed by atoms with E-state index in [0.717, 1.165) is 37.7 Å². The van der Waals surface area contributed by atoms with Crippen LogP contribution in [0.3, 0.4) is 0 Å². The zero-order valence-corrected chi connectivity index (χ0v) is 9.38. The van der Waals surface area contributed by atoms with E-state index in [1.165, 1.54) is 18.9 Å². The highest BCUT2D eigenvalue weighted by Crippen LogP contribution is 2.15. The minimum absolute atomic E-state index is 0.799. The van der Waals surface area contributed by atoms with Crippen LogP contribution in [0.1, 0.15) is 58.8 Å². The third kappa shape index (κ3) is 7.84. The molecule has 0 saturated heterocycles. The van der Waals surface area contributed by atoms with E-state index in [-0.39, 0.29) is 0 Å². The number of rotatable bonds is 8. The Morgan fingerprint density at radius 2 is 1.64 bits per heavy atom. The molecule has 0 aromatic rings. The standard InChI is InChI=1S/C12H22O2/c1-3-5-7-9-11(8-6-4-2)10-12(13)14/h10H,3-9H2,1-2H3,(H,13,14)/b11-10+. The first kappa shape index (κ1) is 13.2. The summed E-state index contributed by atoms with van der Waals surface area (Å²) in [7, 11) is 0. The van der Waals surface area contributed by atoms with E-state index in [2.05, 4.69) is 13.8 Å². The Kier molecular flexibility index (Phi) is 8.30. The van der Waals surface area contributed by atoms with Crippen molar-refractivity contribution < 1.29 is 9.90 Å². The van der Waals surface area contributed by atoms with Crippen molar-refractivity contribution in [3.05, 3.63) is 11.6 Å². The summed E-state index contributed by atoms with van der Waals surface area (Å²) in [4.78, 5) is 10.5. The predicted octanol–water partition coefficient (Wildman–Crippen LogP) is 3.77. The summed E-state index contributed by atoms with van der Waals surface area (Å²) in [6, 6.07) is 0. The molecule has 0 spiro atoms. The van der Waals surface area contributed by atoms with Crippen LogP contribution in [0.5, 0.6) is 0 Å². The van der Waals surface area contributed by atoms with Crippen molar-refractivity contribution in [1.82, 2.24) is 0 Å². The Balaban J connectivity index is 3.91. The fourth-order valence-corrected chi connectivity index (χ4v) is 1.45. The van der Waals surface area contributed by atoms with Crippen LogP contribution in [0.25, 0.3) is 0 Å². The van der Waals surface area contributed by atoms with Crippen LogP contribution in [-0.2, 0) is 4.79 Å². The van der Waals surface area contributed by atoms with Gasteiger partial charge in [0.15, 0.2) is 0 Å². The SMILES string of the molecule is CCCCC/C(=C/C(=O)O)CCCC. The van der Waals surface area contributed by atoms with E-state index in [0.29, 0.717) is 0 Å². The first-order valence-corrected chi connectivity index (χ1v) is 5.63. The first-order chi connectivity index (χ1) is 6.70. The summed E-state index contributed by atoms with van der Waals surface area (Å²) in [5.74, 6) is -0.799. The molecule has 14 heavy (non-hydrogen) atoms. The molecule has 0 bridgehead atoms. The molecule has 0 aliphatic carbocycles. The predicted molar refractivity (Wildman–Crippen MR) is 59.4 cm³/mol. The minimum atomic E-state index is -0.799. The lowest BCUT2D eigenvalue weighted by molar-refractivity contribution is -0.131. The number of allylic oxidation sites excluding steroid dienone is 1. The lowest BCUT2D eigenvalue weighted by Gasteiger charge is -2.05. The van der Waals surface area contributed by atoms with Crippen molar-refractivity contribution >= 4 is 5.97 Å². The van der Waals surface area contributed by atoms with Gasteiger partial charge in [-0.05, 0) is 25.7 Å². The summed E-state index contributed by atoms with van der Waals surface area (Å²) < 4.78 is 0. The second kappa shape index (κ2) is 8.79. The summed E-state index contributed by atoms with van der Waals surface area (Å²) in [5, 5.41) is 8.66. The molecule has 0 fully saturated rings. The van der Waals surface area contributed by atoms with Gasteiger partial charge in [0.05, 0.1) is 0 Å². The van der Waals surface area contributed by atoms with Crippen molar-refractivity contribution in [2.24, 2.45) is 0 Å². The van der Waals surface area contributed by atoms with Crippen LogP contribution in [0.15, 0.2) is 11.6 Å². The van der Waals surface area contributed by atoms with Gasteiger partial charge in [-0.25, -0.2) is 4.79 Å². The summed E-state index contributed by atoms with van der Waals surface area (Å²) in [5.41, 5.74) is 1.10. The van der Waals surface area contributed by atoms with E-state index in [1.807, 2.05) is 0 Å². The lowest BCUT2D eigenvalue weighted by Crippen LogP contribution is -1.93. The number of carbonyl (C=O) groups is 1. The molecule has 0 aromatic carbocycles. The zero-order valence-electron chi connectivity index (χ0n) is 9.38. The fraction of sp³-hybridized carbons (Fsp3) is 0.750. The van der Waals surface area contributed by atoms with E-state index in [4.69, 9.17) is 5.11 Å². The van der Waals surface area contributed by atoms with Gasteiger partial charge in [-0.15, -0.1) is 0 Å². The number of carboxylic acid groups (broad SMARTS) is 1. The Labute approximate surface area is 87.0 Å². The maximum atomic E-state index is 10.5. The van der Waals surface area contributed by atoms with Crippen LogP contribution in [0, 0.1) is 0 Å². The van der Waals surface area contributed by atoms with E-state index in [9.17, 15) is 4.79 Å². The number of hydrogen-bond acceptors (Lipinski definition) is 1. The number of unbranched alkanes of at least 4 members (excludes halogenated alkanes) is 3. The van der Waals surface area contributed by atoms with Crippen LogP contribution in [0.4, 0.5) is 0 Å². The minimum Gasteiger partial charge on any atom is -0.478 e. The van der Waals surface area contributed by atoms with Gasteiger partial charge in [0.2, 0.25) is 0 Å². The summed E-state index contributed by atoms with van der Waals surface area (Å²) >= 11 is 0. The van der Waals surface area contributed by atoms with Gasteiger partial charge in [0.25, 0.3) is 0 Å². The van der Waals surface area contributed by atoms with Gasteiger partial charge in [0.1, 0.15) is 0 Å². The smallest absolute Gasteiger partial charge is 0.328 e. The number of carboxylic acids is 1. The van der Waals surface area contributed by atoms with Gasteiger partial charge in [-0.3, -0.25) is 0 Å². The van der Waals surface area contributed by atoms with Crippen LogP contribution in [-0.4, -0.2) is 11.1 Å². The van der Waals surface area contributed by atoms with Crippen molar-refractivity contribution in [3.8, 4) is 0 Å². The van der Waals surface area contributed by atoms with Crippen molar-refractivity contribution in [3.63, 3.8) is 0 Å². The average molecular weight is 198 g/mol. The molecule has 0 radical (unpaired) electrons. The molecule has 0 heterocycles. The maximum Gasteiger partial charge on any atom is 0.328 e. The molecule has 0 aromatic heterocycles. The van der Waals surface area contributed by atoms with E-state index >= 15 is 0 Å². The topological polar surface area (TPSA) is 37.3 Å². The first-order valence-electron chi connectivity index (χ1n) is 5.63. The van der Waals surface area contributed by atoms with Crippen molar-refractivity contribution in [2.75, 3.05) is 0 Å². The second-order valence-electron chi connectivity index (χ2n) is 3.70. The number of hydrogen-bond donors (Lipinski definition) is 1. The monoisotopic (exact) mass is 198 g/mol. The Hall–Kier alpha value is -0.790. The van der Waals surface area contributed by atoms with Crippen molar-refractivity contribution in [2.45, 2.75) is 58.8 Å². The quantitative estimate of drug-likeness (QED) is 0.476. The Morgan fingerprint density at radius 3 is 2.14 bits per heavy atom. The molecule has 2 nitrogen and oxygen atoms in total. The normalized spacial score (nSPS) is 11.7. The Morgan fingerprint density at radius 1 is 1.07 bits per heavy atom. The molecule has 0 aliphatic heterocycles. The molecular formula is C12H22O2. The summed E-state index contributed by atoms with van der Waals surface area (Å²) in [6.45, 7) is 4.29. The molecule has 0 amide bonds. The highest BCUT2D eigenvalue weighted by atomic mass is 16.4. The van der Waals surface area contributed by atoms with Gasteiger partial charge in [-0.2, -0.15) is 0 Å². The van der Waals surface area contributed by atoms with Crippen LogP contribution in [0.2, 0.25) is 0 Å². The Bertz CT molecular complexity index is 183. The lowest BCUT2D eigenvalue weighted by atomic mass is 10.0. The highest BCUT2D eigenvalue weighted by molar-refractivity contribution is 5.80. The average Bonchev–Trinajstić information content (AvgIpc) is 2.13. The zero-order chi connectivity index (χ0) is 10.8. The molecule has 0 rings (SSSR count). The number of aliphatic carboxylic acids is 1. The molecule has 82 valence electrons. The van der Waals surface area contributed by atoms with Gasteiger partial charge in [0, 0.05) is 6.08 Å². The molecule has 0 saturated carbocycles. The molecule has 0 unspecified atom stereocenters. The van der Waals surface area contributed by atoms with Gasteiger partial charge in [-0.1, -0.05) is 38.7 Å². The fourth-order valence-electron chi connectivity index (χ4n) is 1.45. The third-order valence-electron chi connectivity index (χ3n) is 2.28. The van der Waals surface area contributed by atoms with Crippen LogP contribution >= 0.6 is 0 Å². The molecular weight excluding hydrogens is 176 g/mol. The molecule has 2 heteroatoms. The molecule has 0 aliphatic rings. The van der Waals surface area contributed by atoms with Crippen molar-refractivity contribution in [1.29, 1.82) is 0 Å². The second-order valence-corrected chi connectivity index (χ2v) is 3.70. The highest BCUT2D eigenvalue weighted by Gasteiger charge is 2.00.